The number of benzene rings is 1. The second-order valence-corrected chi connectivity index (χ2v) is 5.14. The molecule has 0 amide bonds. The summed E-state index contributed by atoms with van der Waals surface area (Å²) in [6, 6.07) is 9.39. The molecule has 2 aromatic rings. The second-order valence-electron chi connectivity index (χ2n) is 5.14. The standard InChI is InChI=1S/C17H21N3O3/c1-5-23-15(21)11-12(2)18-16-13(3)19(4)20(17(16)22)14-9-7-6-8-10-14/h6-11,18H,5H2,1-4H3/b12-11-. The fraction of sp³-hybridized carbons (Fsp3) is 0.294. The SMILES string of the molecule is CCOC(=O)/C=C(/C)Nc1c(C)n(C)n(-c2ccccc2)c1=O. The lowest BCUT2D eigenvalue weighted by Crippen LogP contribution is -2.20. The van der Waals surface area contributed by atoms with Gasteiger partial charge in [-0.25, -0.2) is 9.48 Å². The molecule has 0 aliphatic rings. The summed E-state index contributed by atoms with van der Waals surface area (Å²) in [5, 5.41) is 3.00. The largest absolute Gasteiger partial charge is 0.463 e. The molecule has 23 heavy (non-hydrogen) atoms. The van der Waals surface area contributed by atoms with Gasteiger partial charge in [-0.15, -0.1) is 0 Å². The summed E-state index contributed by atoms with van der Waals surface area (Å²) in [7, 11) is 1.82. The van der Waals surface area contributed by atoms with Gasteiger partial charge in [-0.3, -0.25) is 9.48 Å². The lowest BCUT2D eigenvalue weighted by atomic mass is 10.3. The van der Waals surface area contributed by atoms with Gasteiger partial charge in [0.05, 0.1) is 18.0 Å². The fourth-order valence-electron chi connectivity index (χ4n) is 2.31. The molecule has 0 spiro atoms. The Morgan fingerprint density at radius 2 is 1.96 bits per heavy atom. The van der Waals surface area contributed by atoms with Crippen LogP contribution < -0.4 is 10.9 Å². The highest BCUT2D eigenvalue weighted by Gasteiger charge is 2.16. The van der Waals surface area contributed by atoms with Crippen molar-refractivity contribution in [2.24, 2.45) is 7.05 Å². The minimum atomic E-state index is -0.436. The molecule has 2 rings (SSSR count). The second kappa shape index (κ2) is 7.00. The van der Waals surface area contributed by atoms with E-state index < -0.39 is 5.97 Å². The van der Waals surface area contributed by atoms with Gasteiger partial charge in [0, 0.05) is 18.8 Å². The maximum absolute atomic E-state index is 12.7. The Kier molecular flexibility index (Phi) is 5.05. The van der Waals surface area contributed by atoms with E-state index in [4.69, 9.17) is 4.74 Å². The van der Waals surface area contributed by atoms with E-state index in [0.717, 1.165) is 11.4 Å². The Labute approximate surface area is 135 Å². The molecule has 0 aliphatic carbocycles. The molecule has 1 aromatic carbocycles. The van der Waals surface area contributed by atoms with Crippen LogP contribution in [0.2, 0.25) is 0 Å². The van der Waals surface area contributed by atoms with Crippen molar-refractivity contribution >= 4 is 11.7 Å². The topological polar surface area (TPSA) is 65.3 Å². The summed E-state index contributed by atoms with van der Waals surface area (Å²) in [4.78, 5) is 24.2. The van der Waals surface area contributed by atoms with E-state index in [2.05, 4.69) is 5.32 Å². The van der Waals surface area contributed by atoms with Crippen LogP contribution in [0.4, 0.5) is 5.69 Å². The molecule has 0 saturated heterocycles. The number of para-hydroxylation sites is 1. The molecule has 0 bridgehead atoms. The Bertz CT molecular complexity index is 785. The van der Waals surface area contributed by atoms with Crippen LogP contribution in [-0.2, 0) is 16.6 Å². The number of carbonyl (C=O) groups is 1. The summed E-state index contributed by atoms with van der Waals surface area (Å²) in [5.74, 6) is -0.436. The molecule has 1 heterocycles. The first-order valence-electron chi connectivity index (χ1n) is 7.41. The third-order valence-corrected chi connectivity index (χ3v) is 3.50. The molecule has 0 atom stereocenters. The number of aromatic nitrogens is 2. The van der Waals surface area contributed by atoms with Gasteiger partial charge < -0.3 is 10.1 Å². The van der Waals surface area contributed by atoms with Crippen LogP contribution in [0.1, 0.15) is 19.5 Å². The maximum atomic E-state index is 12.7. The lowest BCUT2D eigenvalue weighted by molar-refractivity contribution is -0.137. The summed E-state index contributed by atoms with van der Waals surface area (Å²) in [6.07, 6.45) is 1.34. The van der Waals surface area contributed by atoms with Gasteiger partial charge in [0.1, 0.15) is 5.69 Å². The quantitative estimate of drug-likeness (QED) is 0.679. The van der Waals surface area contributed by atoms with Crippen LogP contribution >= 0.6 is 0 Å². The van der Waals surface area contributed by atoms with Crippen LogP contribution in [0.5, 0.6) is 0 Å². The number of ether oxygens (including phenoxy) is 1. The highest BCUT2D eigenvalue weighted by Crippen LogP contribution is 2.15. The predicted octanol–water partition coefficient (Wildman–Crippen LogP) is 2.36. The third-order valence-electron chi connectivity index (χ3n) is 3.50. The minimum Gasteiger partial charge on any atom is -0.463 e. The normalized spacial score (nSPS) is 11.4. The molecule has 0 aliphatic heterocycles. The molecule has 0 saturated carbocycles. The van der Waals surface area contributed by atoms with E-state index in [-0.39, 0.29) is 5.56 Å². The Balaban J connectivity index is 2.39. The van der Waals surface area contributed by atoms with Gasteiger partial charge in [0.2, 0.25) is 0 Å². The van der Waals surface area contributed by atoms with Crippen LogP contribution in [0.3, 0.4) is 0 Å². The van der Waals surface area contributed by atoms with Gasteiger partial charge in [-0.1, -0.05) is 18.2 Å². The molecule has 1 N–H and O–H groups in total. The Hall–Kier alpha value is -2.76. The van der Waals surface area contributed by atoms with Gasteiger partial charge in [0.25, 0.3) is 5.56 Å². The summed E-state index contributed by atoms with van der Waals surface area (Å²) in [5.41, 5.74) is 2.37. The monoisotopic (exact) mass is 315 g/mol. The molecule has 0 fully saturated rings. The zero-order valence-electron chi connectivity index (χ0n) is 13.8. The van der Waals surface area contributed by atoms with Crippen LogP contribution in [0, 0.1) is 6.92 Å². The van der Waals surface area contributed by atoms with Crippen molar-refractivity contribution in [3.05, 3.63) is 58.2 Å². The van der Waals surface area contributed by atoms with Crippen molar-refractivity contribution in [1.29, 1.82) is 0 Å². The molecule has 6 heteroatoms. The van der Waals surface area contributed by atoms with Gasteiger partial charge >= 0.3 is 5.97 Å². The number of carbonyl (C=O) groups excluding carboxylic acids is 1. The summed E-state index contributed by atoms with van der Waals surface area (Å²) in [6.45, 7) is 5.62. The van der Waals surface area contributed by atoms with E-state index >= 15 is 0 Å². The molecular weight excluding hydrogens is 294 g/mol. The molecule has 0 radical (unpaired) electrons. The van der Waals surface area contributed by atoms with E-state index in [1.54, 1.807) is 23.2 Å². The number of nitrogens with zero attached hydrogens (tertiary/aromatic N) is 2. The van der Waals surface area contributed by atoms with E-state index in [0.29, 0.717) is 18.0 Å². The van der Waals surface area contributed by atoms with Gasteiger partial charge in [-0.05, 0) is 32.9 Å². The summed E-state index contributed by atoms with van der Waals surface area (Å²) < 4.78 is 8.22. The zero-order chi connectivity index (χ0) is 17.0. The number of hydrogen-bond donors (Lipinski definition) is 1. The average molecular weight is 315 g/mol. The first-order chi connectivity index (χ1) is 11.0. The molecule has 0 unspecified atom stereocenters. The van der Waals surface area contributed by atoms with Crippen LogP contribution in [-0.4, -0.2) is 21.9 Å². The number of hydrogen-bond acceptors (Lipinski definition) is 4. The van der Waals surface area contributed by atoms with Gasteiger partial charge in [-0.2, -0.15) is 0 Å². The number of anilines is 1. The predicted molar refractivity (Wildman–Crippen MR) is 89.8 cm³/mol. The highest BCUT2D eigenvalue weighted by atomic mass is 16.5. The number of esters is 1. The van der Waals surface area contributed by atoms with E-state index in [1.165, 1.54) is 6.08 Å². The molecule has 122 valence electrons. The highest BCUT2D eigenvalue weighted by molar-refractivity contribution is 5.83. The molecule has 1 aromatic heterocycles. The molecule has 6 nitrogen and oxygen atoms in total. The van der Waals surface area contributed by atoms with Crippen LogP contribution in [0.25, 0.3) is 5.69 Å². The number of nitrogens with one attached hydrogen (secondary N) is 1. The third kappa shape index (κ3) is 3.53. The smallest absolute Gasteiger partial charge is 0.332 e. The van der Waals surface area contributed by atoms with Gasteiger partial charge in [0.15, 0.2) is 0 Å². The van der Waals surface area contributed by atoms with Crippen molar-refractivity contribution in [1.82, 2.24) is 9.36 Å². The Morgan fingerprint density at radius 3 is 2.57 bits per heavy atom. The van der Waals surface area contributed by atoms with Crippen molar-refractivity contribution < 1.29 is 9.53 Å². The maximum Gasteiger partial charge on any atom is 0.332 e. The van der Waals surface area contributed by atoms with Crippen molar-refractivity contribution in [3.63, 3.8) is 0 Å². The zero-order valence-corrected chi connectivity index (χ0v) is 13.8. The number of allylic oxidation sites excluding steroid dienone is 1. The first-order valence-corrected chi connectivity index (χ1v) is 7.41. The Morgan fingerprint density at radius 1 is 1.30 bits per heavy atom. The fourth-order valence-corrected chi connectivity index (χ4v) is 2.31. The van der Waals surface area contributed by atoms with Crippen molar-refractivity contribution in [3.8, 4) is 5.69 Å². The number of rotatable bonds is 5. The van der Waals surface area contributed by atoms with E-state index in [1.807, 2.05) is 44.3 Å². The van der Waals surface area contributed by atoms with Crippen LogP contribution in [0.15, 0.2) is 46.9 Å². The first kappa shape index (κ1) is 16.6. The summed E-state index contributed by atoms with van der Waals surface area (Å²) >= 11 is 0. The van der Waals surface area contributed by atoms with Crippen molar-refractivity contribution in [2.45, 2.75) is 20.8 Å². The molecular formula is C17H21N3O3. The average Bonchev–Trinajstić information content (AvgIpc) is 2.72. The van der Waals surface area contributed by atoms with E-state index in [9.17, 15) is 9.59 Å². The van der Waals surface area contributed by atoms with Crippen molar-refractivity contribution in [2.75, 3.05) is 11.9 Å². The minimum absolute atomic E-state index is 0.173. The lowest BCUT2D eigenvalue weighted by Gasteiger charge is -2.07.